The van der Waals surface area contributed by atoms with Crippen LogP contribution in [0.2, 0.25) is 0 Å². The Bertz CT molecular complexity index is 879. The number of carbonyl (C=O) groups excluding carboxylic acids is 1. The highest BCUT2D eigenvalue weighted by Crippen LogP contribution is 2.27. The molecule has 3 rings (SSSR count). The molecule has 0 unspecified atom stereocenters. The van der Waals surface area contributed by atoms with Gasteiger partial charge in [-0.25, -0.2) is 4.39 Å². The number of rotatable bonds is 5. The monoisotopic (exact) mass is 336 g/mol. The summed E-state index contributed by atoms with van der Waals surface area (Å²) in [7, 11) is 1.61. The predicted octanol–water partition coefficient (Wildman–Crippen LogP) is 4.83. The number of para-hydroxylation sites is 2. The molecular weight excluding hydrogens is 319 g/mol. The van der Waals surface area contributed by atoms with Gasteiger partial charge >= 0.3 is 0 Å². The van der Waals surface area contributed by atoms with Crippen molar-refractivity contribution < 1.29 is 13.9 Å². The first-order valence-corrected chi connectivity index (χ1v) is 7.73. The van der Waals surface area contributed by atoms with Gasteiger partial charge in [0.15, 0.2) is 0 Å². The highest BCUT2D eigenvalue weighted by atomic mass is 19.1. The first kappa shape index (κ1) is 16.5. The second-order valence-corrected chi connectivity index (χ2v) is 5.33. The van der Waals surface area contributed by atoms with Crippen LogP contribution in [0, 0.1) is 5.82 Å². The summed E-state index contributed by atoms with van der Waals surface area (Å²) in [5.41, 5.74) is 2.11. The van der Waals surface area contributed by atoms with E-state index in [-0.39, 0.29) is 5.56 Å². The van der Waals surface area contributed by atoms with Crippen LogP contribution in [-0.2, 0) is 0 Å². The zero-order valence-corrected chi connectivity index (χ0v) is 13.6. The molecule has 3 aromatic carbocycles. The van der Waals surface area contributed by atoms with Crippen molar-refractivity contribution in [2.45, 2.75) is 0 Å². The van der Waals surface area contributed by atoms with E-state index in [0.717, 1.165) is 11.4 Å². The Hall–Kier alpha value is -3.34. The summed E-state index contributed by atoms with van der Waals surface area (Å²) >= 11 is 0. The minimum atomic E-state index is -0.555. The second kappa shape index (κ2) is 7.49. The number of ether oxygens (including phenoxy) is 1. The summed E-state index contributed by atoms with van der Waals surface area (Å²) in [5.74, 6) is -0.297. The molecule has 126 valence electrons. The number of nitrogens with one attached hydrogen (secondary N) is 2. The molecule has 0 bridgehead atoms. The molecule has 0 radical (unpaired) electrons. The van der Waals surface area contributed by atoms with Crippen molar-refractivity contribution in [2.75, 3.05) is 17.7 Å². The van der Waals surface area contributed by atoms with Crippen LogP contribution in [0.25, 0.3) is 0 Å². The predicted molar refractivity (Wildman–Crippen MR) is 97.1 cm³/mol. The maximum atomic E-state index is 13.8. The molecule has 5 heteroatoms. The third-order valence-corrected chi connectivity index (χ3v) is 3.66. The Balaban J connectivity index is 1.81. The highest BCUT2D eigenvalue weighted by Gasteiger charge is 2.12. The highest BCUT2D eigenvalue weighted by molar-refractivity contribution is 6.06. The molecule has 0 aliphatic heterocycles. The fraction of sp³-hybridized carbons (Fsp3) is 0.0500. The summed E-state index contributed by atoms with van der Waals surface area (Å²) < 4.78 is 18.9. The van der Waals surface area contributed by atoms with Gasteiger partial charge in [0.05, 0.1) is 24.0 Å². The quantitative estimate of drug-likeness (QED) is 0.701. The number of hydrogen-bond acceptors (Lipinski definition) is 3. The number of benzene rings is 3. The third kappa shape index (κ3) is 3.95. The van der Waals surface area contributed by atoms with Gasteiger partial charge in [0, 0.05) is 5.69 Å². The molecule has 0 atom stereocenters. The van der Waals surface area contributed by atoms with Gasteiger partial charge in [0.25, 0.3) is 5.91 Å². The van der Waals surface area contributed by atoms with Crippen LogP contribution in [-0.4, -0.2) is 13.0 Å². The molecule has 0 saturated heterocycles. The molecule has 0 heterocycles. The molecule has 3 aromatic rings. The molecule has 25 heavy (non-hydrogen) atoms. The van der Waals surface area contributed by atoms with E-state index in [1.165, 1.54) is 12.1 Å². The van der Waals surface area contributed by atoms with Crippen molar-refractivity contribution in [2.24, 2.45) is 0 Å². The Labute approximate surface area is 145 Å². The van der Waals surface area contributed by atoms with Crippen LogP contribution in [0.1, 0.15) is 10.4 Å². The molecule has 0 aliphatic carbocycles. The van der Waals surface area contributed by atoms with E-state index in [4.69, 9.17) is 4.74 Å². The average molecular weight is 336 g/mol. The number of carbonyl (C=O) groups is 1. The zero-order valence-electron chi connectivity index (χ0n) is 13.6. The zero-order chi connectivity index (χ0) is 17.6. The Morgan fingerprint density at radius 3 is 2.20 bits per heavy atom. The molecule has 2 N–H and O–H groups in total. The lowest BCUT2D eigenvalue weighted by molar-refractivity contribution is 0.102. The fourth-order valence-electron chi connectivity index (χ4n) is 2.37. The maximum Gasteiger partial charge on any atom is 0.258 e. The van der Waals surface area contributed by atoms with Crippen LogP contribution >= 0.6 is 0 Å². The van der Waals surface area contributed by atoms with Gasteiger partial charge in [-0.05, 0) is 48.5 Å². The van der Waals surface area contributed by atoms with Gasteiger partial charge in [-0.2, -0.15) is 0 Å². The lowest BCUT2D eigenvalue weighted by Crippen LogP contribution is -2.14. The number of halogens is 1. The summed E-state index contributed by atoms with van der Waals surface area (Å²) in [6.45, 7) is 0. The summed E-state index contributed by atoms with van der Waals surface area (Å²) in [4.78, 5) is 12.3. The summed E-state index contributed by atoms with van der Waals surface area (Å²) in [6, 6.07) is 20.5. The summed E-state index contributed by atoms with van der Waals surface area (Å²) in [5, 5.41) is 5.98. The Morgan fingerprint density at radius 1 is 0.880 bits per heavy atom. The number of hydrogen-bond donors (Lipinski definition) is 2. The number of anilines is 3. The first-order valence-electron chi connectivity index (χ1n) is 7.73. The average Bonchev–Trinajstić information content (AvgIpc) is 2.64. The molecule has 0 saturated carbocycles. The van der Waals surface area contributed by atoms with Gasteiger partial charge < -0.3 is 15.4 Å². The molecule has 0 spiro atoms. The van der Waals surface area contributed by atoms with Crippen LogP contribution < -0.4 is 15.4 Å². The van der Waals surface area contributed by atoms with Crippen LogP contribution in [0.4, 0.5) is 21.5 Å². The molecular formula is C20H17FN2O2. The van der Waals surface area contributed by atoms with Crippen molar-refractivity contribution in [1.82, 2.24) is 0 Å². The van der Waals surface area contributed by atoms with E-state index in [1.807, 2.05) is 36.4 Å². The normalized spacial score (nSPS) is 10.2. The lowest BCUT2D eigenvalue weighted by atomic mass is 10.2. The summed E-state index contributed by atoms with van der Waals surface area (Å²) in [6.07, 6.45) is 0. The van der Waals surface area contributed by atoms with Crippen LogP contribution in [0.3, 0.4) is 0 Å². The minimum absolute atomic E-state index is 0.00162. The molecule has 0 aliphatic rings. The Morgan fingerprint density at radius 2 is 1.52 bits per heavy atom. The van der Waals surface area contributed by atoms with E-state index >= 15 is 0 Å². The topological polar surface area (TPSA) is 50.4 Å². The smallest absolute Gasteiger partial charge is 0.258 e. The standard InChI is InChI=1S/C20H17FN2O2/c1-25-15-12-10-14(11-13-15)22-18-8-4-5-9-19(18)23-20(24)16-6-2-3-7-17(16)21/h2-13,22H,1H3,(H,23,24). The maximum absolute atomic E-state index is 13.8. The van der Waals surface area contributed by atoms with Crippen molar-refractivity contribution in [3.63, 3.8) is 0 Å². The SMILES string of the molecule is COc1ccc(Nc2ccccc2NC(=O)c2ccccc2F)cc1. The van der Waals surface area contributed by atoms with Crippen molar-refractivity contribution >= 4 is 23.0 Å². The second-order valence-electron chi connectivity index (χ2n) is 5.33. The van der Waals surface area contributed by atoms with Crippen molar-refractivity contribution in [1.29, 1.82) is 0 Å². The first-order chi connectivity index (χ1) is 12.2. The van der Waals surface area contributed by atoms with E-state index in [2.05, 4.69) is 10.6 Å². The van der Waals surface area contributed by atoms with E-state index < -0.39 is 11.7 Å². The third-order valence-electron chi connectivity index (χ3n) is 3.66. The largest absolute Gasteiger partial charge is 0.497 e. The van der Waals surface area contributed by atoms with E-state index in [1.54, 1.807) is 31.4 Å². The molecule has 1 amide bonds. The molecule has 0 fully saturated rings. The van der Waals surface area contributed by atoms with Crippen molar-refractivity contribution in [3.05, 3.63) is 84.2 Å². The van der Waals surface area contributed by atoms with Crippen LogP contribution in [0.5, 0.6) is 5.75 Å². The van der Waals surface area contributed by atoms with Gasteiger partial charge in [-0.15, -0.1) is 0 Å². The van der Waals surface area contributed by atoms with Gasteiger partial charge in [-0.3, -0.25) is 4.79 Å². The number of amides is 1. The molecule has 4 nitrogen and oxygen atoms in total. The van der Waals surface area contributed by atoms with Crippen molar-refractivity contribution in [3.8, 4) is 5.75 Å². The van der Waals surface area contributed by atoms with E-state index in [0.29, 0.717) is 11.4 Å². The van der Waals surface area contributed by atoms with E-state index in [9.17, 15) is 9.18 Å². The Kier molecular flexibility index (Phi) is 4.95. The van der Waals surface area contributed by atoms with Gasteiger partial charge in [0.1, 0.15) is 11.6 Å². The number of methoxy groups -OCH3 is 1. The minimum Gasteiger partial charge on any atom is -0.497 e. The molecule has 0 aromatic heterocycles. The van der Waals surface area contributed by atoms with Gasteiger partial charge in [0.2, 0.25) is 0 Å². The fourth-order valence-corrected chi connectivity index (χ4v) is 2.37. The van der Waals surface area contributed by atoms with Gasteiger partial charge in [-0.1, -0.05) is 24.3 Å². The lowest BCUT2D eigenvalue weighted by Gasteiger charge is -2.13. The van der Waals surface area contributed by atoms with Crippen LogP contribution in [0.15, 0.2) is 72.8 Å².